The van der Waals surface area contributed by atoms with Crippen LogP contribution in [0.3, 0.4) is 0 Å². The largest absolute Gasteiger partial charge is 0.457 e. The molecular weight excluding hydrogens is 378 g/mol. The molecule has 0 amide bonds. The maximum Gasteiger partial charge on any atom is 0.153 e. The molecular formula is C20H14BrN3O. The van der Waals surface area contributed by atoms with Crippen LogP contribution in [0, 0.1) is 0 Å². The number of halogens is 1. The monoisotopic (exact) mass is 391 g/mol. The number of para-hydroxylation sites is 1. The molecule has 4 nitrogen and oxygen atoms in total. The van der Waals surface area contributed by atoms with E-state index in [4.69, 9.17) is 4.74 Å². The van der Waals surface area contributed by atoms with Crippen LogP contribution in [-0.2, 0) is 0 Å². The van der Waals surface area contributed by atoms with E-state index in [0.29, 0.717) is 0 Å². The van der Waals surface area contributed by atoms with Crippen LogP contribution >= 0.6 is 15.9 Å². The quantitative estimate of drug-likeness (QED) is 0.461. The van der Waals surface area contributed by atoms with E-state index in [-0.39, 0.29) is 0 Å². The summed E-state index contributed by atoms with van der Waals surface area (Å²) in [5.41, 5.74) is 1.91. The SMILES string of the molecule is Brc1ccc(-n2ccc(-c3ccc(Oc4ccccc4)cc3)n2)nc1. The van der Waals surface area contributed by atoms with E-state index < -0.39 is 0 Å². The smallest absolute Gasteiger partial charge is 0.153 e. The van der Waals surface area contributed by atoms with Crippen LogP contribution in [0.1, 0.15) is 0 Å². The summed E-state index contributed by atoms with van der Waals surface area (Å²) in [5.74, 6) is 2.39. The van der Waals surface area contributed by atoms with Gasteiger partial charge in [0.15, 0.2) is 5.82 Å². The van der Waals surface area contributed by atoms with Crippen molar-refractivity contribution in [1.29, 1.82) is 0 Å². The Morgan fingerprint density at radius 2 is 1.56 bits per heavy atom. The Morgan fingerprint density at radius 3 is 2.28 bits per heavy atom. The third kappa shape index (κ3) is 3.61. The zero-order valence-corrected chi connectivity index (χ0v) is 14.8. The Bertz CT molecular complexity index is 964. The zero-order chi connectivity index (χ0) is 17.1. The van der Waals surface area contributed by atoms with Crippen LogP contribution < -0.4 is 4.74 Å². The molecule has 4 aromatic rings. The Hall–Kier alpha value is -2.92. The summed E-state index contributed by atoms with van der Waals surface area (Å²) >= 11 is 3.39. The molecule has 0 saturated carbocycles. The fourth-order valence-corrected chi connectivity index (χ4v) is 2.66. The van der Waals surface area contributed by atoms with Crippen molar-refractivity contribution in [2.45, 2.75) is 0 Å². The Balaban J connectivity index is 1.53. The van der Waals surface area contributed by atoms with E-state index in [1.54, 1.807) is 10.9 Å². The molecule has 4 rings (SSSR count). The zero-order valence-electron chi connectivity index (χ0n) is 13.2. The average Bonchev–Trinajstić information content (AvgIpc) is 3.14. The molecule has 0 fully saturated rings. The van der Waals surface area contributed by atoms with Crippen LogP contribution in [0.2, 0.25) is 0 Å². The Kier molecular flexibility index (Phi) is 4.31. The fraction of sp³-hybridized carbons (Fsp3) is 0. The fourth-order valence-electron chi connectivity index (χ4n) is 2.43. The van der Waals surface area contributed by atoms with Crippen LogP contribution in [0.25, 0.3) is 17.1 Å². The molecule has 2 aromatic carbocycles. The second-order valence-corrected chi connectivity index (χ2v) is 6.34. The molecule has 0 radical (unpaired) electrons. The lowest BCUT2D eigenvalue weighted by atomic mass is 10.1. The van der Waals surface area contributed by atoms with Gasteiger partial charge in [-0.3, -0.25) is 0 Å². The van der Waals surface area contributed by atoms with Crippen LogP contribution in [0.4, 0.5) is 0 Å². The number of nitrogens with zero attached hydrogens (tertiary/aromatic N) is 3. The van der Waals surface area contributed by atoms with Crippen molar-refractivity contribution in [3.05, 3.63) is 89.7 Å². The highest BCUT2D eigenvalue weighted by molar-refractivity contribution is 9.10. The highest BCUT2D eigenvalue weighted by Crippen LogP contribution is 2.25. The average molecular weight is 392 g/mol. The number of hydrogen-bond donors (Lipinski definition) is 0. The third-order valence-electron chi connectivity index (χ3n) is 3.66. The van der Waals surface area contributed by atoms with Gasteiger partial charge in [0.25, 0.3) is 0 Å². The Labute approximate surface area is 153 Å². The highest BCUT2D eigenvalue weighted by atomic mass is 79.9. The summed E-state index contributed by atoms with van der Waals surface area (Å²) < 4.78 is 8.52. The minimum atomic E-state index is 0.776. The van der Waals surface area contributed by atoms with E-state index in [2.05, 4.69) is 26.0 Å². The van der Waals surface area contributed by atoms with Crippen molar-refractivity contribution in [2.24, 2.45) is 0 Å². The maximum absolute atomic E-state index is 5.81. The number of pyridine rings is 1. The topological polar surface area (TPSA) is 39.9 Å². The van der Waals surface area contributed by atoms with Crippen molar-refractivity contribution in [3.63, 3.8) is 0 Å². The van der Waals surface area contributed by atoms with Gasteiger partial charge in [0.05, 0.1) is 5.69 Å². The number of hydrogen-bond acceptors (Lipinski definition) is 3. The number of aromatic nitrogens is 3. The van der Waals surface area contributed by atoms with Gasteiger partial charge in [-0.15, -0.1) is 0 Å². The summed E-state index contributed by atoms with van der Waals surface area (Å²) in [4.78, 5) is 4.35. The normalized spacial score (nSPS) is 10.6. The van der Waals surface area contributed by atoms with Crippen molar-refractivity contribution in [3.8, 4) is 28.6 Å². The summed E-state index contributed by atoms with van der Waals surface area (Å²) in [5, 5.41) is 4.59. The molecule has 2 heterocycles. The van der Waals surface area contributed by atoms with Crippen LogP contribution in [0.15, 0.2) is 89.7 Å². The third-order valence-corrected chi connectivity index (χ3v) is 4.13. The van der Waals surface area contributed by atoms with Crippen molar-refractivity contribution < 1.29 is 4.74 Å². The van der Waals surface area contributed by atoms with Gasteiger partial charge in [-0.2, -0.15) is 5.10 Å². The second-order valence-electron chi connectivity index (χ2n) is 5.42. The second kappa shape index (κ2) is 6.91. The molecule has 5 heteroatoms. The Morgan fingerprint density at radius 1 is 0.800 bits per heavy atom. The number of benzene rings is 2. The van der Waals surface area contributed by atoms with Crippen LogP contribution in [-0.4, -0.2) is 14.8 Å². The van der Waals surface area contributed by atoms with E-state index >= 15 is 0 Å². The van der Waals surface area contributed by atoms with Crippen molar-refractivity contribution >= 4 is 15.9 Å². The molecule has 0 unspecified atom stereocenters. The van der Waals surface area contributed by atoms with Gasteiger partial charge in [-0.05, 0) is 70.5 Å². The molecule has 0 bridgehead atoms. The predicted molar refractivity (Wildman–Crippen MR) is 101 cm³/mol. The molecule has 2 aromatic heterocycles. The molecule has 0 spiro atoms. The first-order valence-electron chi connectivity index (χ1n) is 7.79. The highest BCUT2D eigenvalue weighted by Gasteiger charge is 2.05. The minimum Gasteiger partial charge on any atom is -0.457 e. The first kappa shape index (κ1) is 15.6. The van der Waals surface area contributed by atoms with Gasteiger partial charge in [0.2, 0.25) is 0 Å². The van der Waals surface area contributed by atoms with Gasteiger partial charge in [-0.25, -0.2) is 9.67 Å². The molecule has 0 saturated heterocycles. The molecule has 0 aliphatic rings. The van der Waals surface area contributed by atoms with Gasteiger partial charge < -0.3 is 4.74 Å². The number of rotatable bonds is 4. The van der Waals surface area contributed by atoms with E-state index in [1.165, 1.54) is 0 Å². The van der Waals surface area contributed by atoms with Gasteiger partial charge in [-0.1, -0.05) is 18.2 Å². The summed E-state index contributed by atoms with van der Waals surface area (Å²) in [6, 6.07) is 23.4. The first-order valence-corrected chi connectivity index (χ1v) is 8.58. The lowest BCUT2D eigenvalue weighted by Crippen LogP contribution is -1.97. The molecule has 0 atom stereocenters. The van der Waals surface area contributed by atoms with Gasteiger partial charge in [0.1, 0.15) is 11.5 Å². The standard InChI is InChI=1S/C20H14BrN3O/c21-16-8-11-20(22-14-16)24-13-12-19(23-24)15-6-9-18(10-7-15)25-17-4-2-1-3-5-17/h1-14H. The molecule has 0 aliphatic carbocycles. The summed E-state index contributed by atoms with van der Waals surface area (Å²) in [6.45, 7) is 0. The summed E-state index contributed by atoms with van der Waals surface area (Å²) in [6.07, 6.45) is 3.66. The van der Waals surface area contributed by atoms with E-state index in [0.717, 1.165) is 33.0 Å². The van der Waals surface area contributed by atoms with Gasteiger partial charge in [0, 0.05) is 22.4 Å². The minimum absolute atomic E-state index is 0.776. The van der Waals surface area contributed by atoms with Crippen molar-refractivity contribution in [1.82, 2.24) is 14.8 Å². The first-order chi connectivity index (χ1) is 12.3. The maximum atomic E-state index is 5.81. The van der Waals surface area contributed by atoms with E-state index in [1.807, 2.05) is 79.0 Å². The lowest BCUT2D eigenvalue weighted by Gasteiger charge is -2.06. The number of ether oxygens (including phenoxy) is 1. The van der Waals surface area contributed by atoms with Gasteiger partial charge >= 0.3 is 0 Å². The molecule has 0 aliphatic heterocycles. The van der Waals surface area contributed by atoms with E-state index in [9.17, 15) is 0 Å². The molecule has 122 valence electrons. The molecule has 25 heavy (non-hydrogen) atoms. The summed E-state index contributed by atoms with van der Waals surface area (Å²) in [7, 11) is 0. The molecule has 0 N–H and O–H groups in total. The van der Waals surface area contributed by atoms with Crippen LogP contribution in [0.5, 0.6) is 11.5 Å². The lowest BCUT2D eigenvalue weighted by molar-refractivity contribution is 0.483. The van der Waals surface area contributed by atoms with Crippen molar-refractivity contribution in [2.75, 3.05) is 0 Å². The predicted octanol–water partition coefficient (Wildman–Crippen LogP) is 5.49.